The van der Waals surface area contributed by atoms with Crippen LogP contribution in [0.4, 0.5) is 0 Å². The molecule has 0 bridgehead atoms. The number of esters is 1. The third kappa shape index (κ3) is 2.57. The van der Waals surface area contributed by atoms with Crippen molar-refractivity contribution in [3.63, 3.8) is 0 Å². The van der Waals surface area contributed by atoms with Crippen molar-refractivity contribution in [3.8, 4) is 5.75 Å². The van der Waals surface area contributed by atoms with Crippen molar-refractivity contribution in [2.24, 2.45) is 5.73 Å². The van der Waals surface area contributed by atoms with Gasteiger partial charge in [0.15, 0.2) is 0 Å². The van der Waals surface area contributed by atoms with Gasteiger partial charge in [-0.15, -0.1) is 0 Å². The minimum atomic E-state index is -0.698. The first kappa shape index (κ1) is 13.5. The van der Waals surface area contributed by atoms with Crippen LogP contribution in [0.2, 0.25) is 0 Å². The van der Waals surface area contributed by atoms with Gasteiger partial charge < -0.3 is 20.3 Å². The Labute approximate surface area is 100 Å². The molecule has 0 aromatic heterocycles. The number of nitrogens with two attached hydrogens (primary N) is 1. The molecule has 0 saturated heterocycles. The molecule has 1 aromatic rings. The third-order valence-corrected chi connectivity index (χ3v) is 2.85. The number of hydrogen-bond acceptors (Lipinski definition) is 5. The van der Waals surface area contributed by atoms with Gasteiger partial charge in [-0.25, -0.2) is 4.79 Å². The van der Waals surface area contributed by atoms with Gasteiger partial charge in [-0.2, -0.15) is 0 Å². The van der Waals surface area contributed by atoms with Crippen molar-refractivity contribution in [2.75, 3.05) is 20.8 Å². The third-order valence-electron chi connectivity index (χ3n) is 2.85. The zero-order chi connectivity index (χ0) is 13.1. The summed E-state index contributed by atoms with van der Waals surface area (Å²) in [6, 6.07) is 4.62. The second-order valence-corrected chi connectivity index (χ2v) is 3.86. The highest BCUT2D eigenvalue weighted by Gasteiger charge is 2.26. The Balaban J connectivity index is 3.25. The summed E-state index contributed by atoms with van der Waals surface area (Å²) in [5, 5.41) is 9.57. The van der Waals surface area contributed by atoms with E-state index in [1.807, 2.05) is 0 Å². The SMILES string of the molecule is COC(=O)c1cc(C(C)(CN)OC)ccc1O. The summed E-state index contributed by atoms with van der Waals surface area (Å²) in [6.45, 7) is 2.06. The Morgan fingerprint density at radius 1 is 1.47 bits per heavy atom. The van der Waals surface area contributed by atoms with Crippen LogP contribution in [0.1, 0.15) is 22.8 Å². The second kappa shape index (κ2) is 5.16. The number of aromatic hydroxyl groups is 1. The Morgan fingerprint density at radius 2 is 2.12 bits per heavy atom. The number of rotatable bonds is 4. The molecule has 17 heavy (non-hydrogen) atoms. The van der Waals surface area contributed by atoms with Gasteiger partial charge >= 0.3 is 5.97 Å². The van der Waals surface area contributed by atoms with E-state index in [0.717, 1.165) is 0 Å². The van der Waals surface area contributed by atoms with E-state index in [1.54, 1.807) is 13.0 Å². The molecule has 0 fully saturated rings. The van der Waals surface area contributed by atoms with Crippen LogP contribution in [0, 0.1) is 0 Å². The van der Waals surface area contributed by atoms with Crippen molar-refractivity contribution in [3.05, 3.63) is 29.3 Å². The first-order chi connectivity index (χ1) is 7.98. The molecule has 5 nitrogen and oxygen atoms in total. The molecule has 0 heterocycles. The van der Waals surface area contributed by atoms with Crippen LogP contribution in [-0.2, 0) is 15.1 Å². The van der Waals surface area contributed by atoms with Crippen LogP contribution in [0.3, 0.4) is 0 Å². The van der Waals surface area contributed by atoms with E-state index in [9.17, 15) is 9.90 Å². The molecule has 0 aliphatic heterocycles. The summed E-state index contributed by atoms with van der Waals surface area (Å²) in [4.78, 5) is 11.4. The Kier molecular flexibility index (Phi) is 4.09. The number of carbonyl (C=O) groups is 1. The fourth-order valence-electron chi connectivity index (χ4n) is 1.46. The highest BCUT2D eigenvalue weighted by atomic mass is 16.5. The van der Waals surface area contributed by atoms with Crippen molar-refractivity contribution >= 4 is 5.97 Å². The molecule has 0 aliphatic rings. The lowest BCUT2D eigenvalue weighted by atomic mass is 9.94. The maximum absolute atomic E-state index is 11.4. The van der Waals surface area contributed by atoms with Crippen LogP contribution in [0.5, 0.6) is 5.75 Å². The van der Waals surface area contributed by atoms with Gasteiger partial charge in [0.2, 0.25) is 0 Å². The Bertz CT molecular complexity index is 413. The van der Waals surface area contributed by atoms with E-state index < -0.39 is 11.6 Å². The summed E-state index contributed by atoms with van der Waals surface area (Å²) < 4.78 is 9.90. The van der Waals surface area contributed by atoms with E-state index in [0.29, 0.717) is 5.56 Å². The fraction of sp³-hybridized carbons (Fsp3) is 0.417. The van der Waals surface area contributed by atoms with E-state index >= 15 is 0 Å². The van der Waals surface area contributed by atoms with Crippen LogP contribution in [-0.4, -0.2) is 31.8 Å². The number of benzene rings is 1. The molecule has 0 saturated carbocycles. The van der Waals surface area contributed by atoms with E-state index in [1.165, 1.54) is 26.4 Å². The average molecular weight is 239 g/mol. The highest BCUT2D eigenvalue weighted by molar-refractivity contribution is 5.92. The molecule has 1 atom stereocenters. The van der Waals surface area contributed by atoms with Gasteiger partial charge in [0.1, 0.15) is 16.9 Å². The first-order valence-corrected chi connectivity index (χ1v) is 5.15. The minimum absolute atomic E-state index is 0.0988. The molecule has 5 heteroatoms. The molecule has 1 rings (SSSR count). The summed E-state index contributed by atoms with van der Waals surface area (Å²) in [7, 11) is 2.80. The Morgan fingerprint density at radius 3 is 2.59 bits per heavy atom. The zero-order valence-electron chi connectivity index (χ0n) is 10.2. The summed E-state index contributed by atoms with van der Waals surface area (Å²) in [5.41, 5.74) is 5.75. The van der Waals surface area contributed by atoms with Gasteiger partial charge in [0.05, 0.1) is 7.11 Å². The summed E-state index contributed by atoms with van der Waals surface area (Å²) >= 11 is 0. The molecule has 3 N–H and O–H groups in total. The first-order valence-electron chi connectivity index (χ1n) is 5.15. The molecule has 0 amide bonds. The maximum Gasteiger partial charge on any atom is 0.341 e. The summed E-state index contributed by atoms with van der Waals surface area (Å²) in [6.07, 6.45) is 0. The number of phenols is 1. The van der Waals surface area contributed by atoms with Gasteiger partial charge in [0, 0.05) is 13.7 Å². The standard InChI is InChI=1S/C12H17NO4/c1-12(7-13,17-3)8-4-5-10(14)9(6-8)11(15)16-2/h4-6,14H,7,13H2,1-3H3. The second-order valence-electron chi connectivity index (χ2n) is 3.86. The molecule has 0 spiro atoms. The monoisotopic (exact) mass is 239 g/mol. The minimum Gasteiger partial charge on any atom is -0.507 e. The molecule has 0 aliphatic carbocycles. The molecule has 1 aromatic carbocycles. The van der Waals surface area contributed by atoms with E-state index in [2.05, 4.69) is 4.74 Å². The lowest BCUT2D eigenvalue weighted by Gasteiger charge is -2.27. The van der Waals surface area contributed by atoms with E-state index in [4.69, 9.17) is 10.5 Å². The number of carbonyl (C=O) groups excluding carboxylic acids is 1. The largest absolute Gasteiger partial charge is 0.507 e. The predicted molar refractivity (Wildman–Crippen MR) is 62.9 cm³/mol. The number of hydrogen-bond donors (Lipinski definition) is 2. The lowest BCUT2D eigenvalue weighted by Crippen LogP contribution is -2.33. The van der Waals surface area contributed by atoms with Gasteiger partial charge in [0.25, 0.3) is 0 Å². The molecular formula is C12H17NO4. The van der Waals surface area contributed by atoms with Gasteiger partial charge in [-0.05, 0) is 24.6 Å². The number of phenolic OH excluding ortho intramolecular Hbond substituents is 1. The molecule has 1 unspecified atom stereocenters. The van der Waals surface area contributed by atoms with Crippen LogP contribution >= 0.6 is 0 Å². The quantitative estimate of drug-likeness (QED) is 0.766. The average Bonchev–Trinajstić information content (AvgIpc) is 2.37. The van der Waals surface area contributed by atoms with Gasteiger partial charge in [-0.3, -0.25) is 0 Å². The van der Waals surface area contributed by atoms with Gasteiger partial charge in [-0.1, -0.05) is 6.07 Å². The smallest absolute Gasteiger partial charge is 0.341 e. The summed E-state index contributed by atoms with van der Waals surface area (Å²) in [5.74, 6) is -0.726. The van der Waals surface area contributed by atoms with Crippen LogP contribution in [0.15, 0.2) is 18.2 Å². The van der Waals surface area contributed by atoms with Crippen molar-refractivity contribution < 1.29 is 19.4 Å². The Hall–Kier alpha value is -1.59. The van der Waals surface area contributed by atoms with E-state index in [-0.39, 0.29) is 17.9 Å². The highest BCUT2D eigenvalue weighted by Crippen LogP contribution is 2.28. The van der Waals surface area contributed by atoms with Crippen LogP contribution < -0.4 is 5.73 Å². The molecule has 94 valence electrons. The number of ether oxygens (including phenoxy) is 2. The molecular weight excluding hydrogens is 222 g/mol. The van der Waals surface area contributed by atoms with Crippen molar-refractivity contribution in [2.45, 2.75) is 12.5 Å². The lowest BCUT2D eigenvalue weighted by molar-refractivity contribution is 0.00995. The maximum atomic E-state index is 11.4. The zero-order valence-corrected chi connectivity index (χ0v) is 10.2. The fourth-order valence-corrected chi connectivity index (χ4v) is 1.46. The van der Waals surface area contributed by atoms with Crippen molar-refractivity contribution in [1.29, 1.82) is 0 Å². The topological polar surface area (TPSA) is 81.8 Å². The normalized spacial score (nSPS) is 14.1. The number of methoxy groups -OCH3 is 2. The predicted octanol–water partition coefficient (Wildman–Crippen LogP) is 0.999. The van der Waals surface area contributed by atoms with Crippen molar-refractivity contribution in [1.82, 2.24) is 0 Å². The molecule has 0 radical (unpaired) electrons. The van der Waals surface area contributed by atoms with Crippen LogP contribution in [0.25, 0.3) is 0 Å².